The first-order chi connectivity index (χ1) is 14.0. The van der Waals surface area contributed by atoms with Crippen LogP contribution in [0.1, 0.15) is 18.4 Å². The molecular formula is C20H20FN5O2S. The van der Waals surface area contributed by atoms with Gasteiger partial charge in [0.25, 0.3) is 0 Å². The monoisotopic (exact) mass is 413 g/mol. The average molecular weight is 413 g/mol. The van der Waals surface area contributed by atoms with Crippen LogP contribution in [0.25, 0.3) is 10.9 Å². The predicted molar refractivity (Wildman–Crippen MR) is 112 cm³/mol. The molecule has 9 heteroatoms. The first-order valence-corrected chi connectivity index (χ1v) is 9.34. The Balaban J connectivity index is 0.000000343. The van der Waals surface area contributed by atoms with Crippen molar-refractivity contribution in [1.29, 1.82) is 0 Å². The minimum atomic E-state index is -0.368. The summed E-state index contributed by atoms with van der Waals surface area (Å²) < 4.78 is 22.3. The first kappa shape index (κ1) is 20.5. The number of amides is 1. The minimum absolute atomic E-state index is 0.204. The Morgan fingerprint density at radius 3 is 2.72 bits per heavy atom. The van der Waals surface area contributed by atoms with Crippen LogP contribution in [0.5, 0.6) is 5.75 Å². The molecule has 1 amide bonds. The average Bonchev–Trinajstić information content (AvgIpc) is 3.20. The number of rotatable bonds is 4. The maximum atomic E-state index is 13.3. The van der Waals surface area contributed by atoms with E-state index in [1.165, 1.54) is 25.6 Å². The molecule has 1 fully saturated rings. The van der Waals surface area contributed by atoms with Crippen molar-refractivity contribution in [2.24, 2.45) is 4.36 Å². The molecule has 29 heavy (non-hydrogen) atoms. The molecule has 1 aliphatic heterocycles. The Bertz CT molecular complexity index is 1050. The Hall–Kier alpha value is -3.20. The van der Waals surface area contributed by atoms with Gasteiger partial charge in [-0.25, -0.2) is 14.4 Å². The number of nitrogens with one attached hydrogen (secondary N) is 2. The molecule has 0 radical (unpaired) electrons. The van der Waals surface area contributed by atoms with Crippen molar-refractivity contribution in [3.63, 3.8) is 0 Å². The van der Waals surface area contributed by atoms with Crippen molar-refractivity contribution in [2.45, 2.75) is 19.8 Å². The zero-order chi connectivity index (χ0) is 20.8. The molecule has 2 N–H and O–H groups in total. The smallest absolute Gasteiger partial charge is 0.220 e. The molecule has 3 aromatic rings. The lowest BCUT2D eigenvalue weighted by atomic mass is 10.1. The third-order valence-electron chi connectivity index (χ3n) is 4.34. The molecule has 7 nitrogen and oxygen atoms in total. The summed E-state index contributed by atoms with van der Waals surface area (Å²) in [6, 6.07) is 7.93. The standard InChI is InChI=1S/C16H13FN4OS.C4H7NO/c1-9-5-11(21-23)7-13-15(9)16(19-8-18-13)20-12-4-3-10(17)6-14(12)22-2;6-4-2-1-3-5-4/h3-8H,1-2H3,(H,18,19,20);1-3H2,(H,5,6). The Labute approximate surface area is 172 Å². The number of hydrogen-bond acceptors (Lipinski definition) is 7. The van der Waals surface area contributed by atoms with Crippen LogP contribution in [0.4, 0.5) is 21.6 Å². The number of fused-ring (bicyclic) bond motifs is 1. The van der Waals surface area contributed by atoms with E-state index < -0.39 is 0 Å². The number of anilines is 2. The van der Waals surface area contributed by atoms with Gasteiger partial charge in [0.15, 0.2) is 0 Å². The number of methoxy groups -OCH3 is 1. The lowest BCUT2D eigenvalue weighted by Gasteiger charge is -2.13. The minimum Gasteiger partial charge on any atom is -0.494 e. The fraction of sp³-hybridized carbons (Fsp3) is 0.250. The number of nitrogens with zero attached hydrogens (tertiary/aromatic N) is 3. The van der Waals surface area contributed by atoms with E-state index in [-0.39, 0.29) is 11.7 Å². The highest BCUT2D eigenvalue weighted by atomic mass is 32.1. The topological polar surface area (TPSA) is 88.5 Å². The van der Waals surface area contributed by atoms with Crippen LogP contribution in [0.2, 0.25) is 0 Å². The van der Waals surface area contributed by atoms with Crippen molar-refractivity contribution in [1.82, 2.24) is 15.3 Å². The normalized spacial score (nSPS) is 12.7. The molecule has 1 aromatic heterocycles. The van der Waals surface area contributed by atoms with Crippen LogP contribution in [-0.2, 0) is 17.2 Å². The molecule has 1 saturated heterocycles. The van der Waals surface area contributed by atoms with Gasteiger partial charge in [-0.05, 0) is 43.2 Å². The van der Waals surface area contributed by atoms with Crippen LogP contribution < -0.4 is 15.4 Å². The number of hydrogen-bond donors (Lipinski definition) is 2. The summed E-state index contributed by atoms with van der Waals surface area (Å²) in [6.07, 6.45) is 3.21. The predicted octanol–water partition coefficient (Wildman–Crippen LogP) is 4.09. The third kappa shape index (κ3) is 5.00. The van der Waals surface area contributed by atoms with Crippen molar-refractivity contribution < 1.29 is 13.9 Å². The fourth-order valence-electron chi connectivity index (χ4n) is 2.98. The van der Waals surface area contributed by atoms with Crippen LogP contribution in [-0.4, -0.2) is 29.5 Å². The highest BCUT2D eigenvalue weighted by Gasteiger charge is 2.11. The summed E-state index contributed by atoms with van der Waals surface area (Å²) in [5, 5.41) is 6.70. The van der Waals surface area contributed by atoms with Gasteiger partial charge in [-0.15, -0.1) is 0 Å². The molecule has 0 spiro atoms. The van der Waals surface area contributed by atoms with Crippen LogP contribution in [0.3, 0.4) is 0 Å². The molecule has 0 bridgehead atoms. The maximum Gasteiger partial charge on any atom is 0.220 e. The van der Waals surface area contributed by atoms with Gasteiger partial charge >= 0.3 is 0 Å². The van der Waals surface area contributed by atoms with E-state index in [1.807, 2.05) is 13.0 Å². The quantitative estimate of drug-likeness (QED) is 0.670. The van der Waals surface area contributed by atoms with E-state index in [9.17, 15) is 9.18 Å². The second-order valence-corrected chi connectivity index (χ2v) is 6.58. The van der Waals surface area contributed by atoms with Gasteiger partial charge in [0, 0.05) is 36.8 Å². The number of ether oxygens (including phenoxy) is 1. The van der Waals surface area contributed by atoms with E-state index in [4.69, 9.17) is 17.2 Å². The summed E-state index contributed by atoms with van der Waals surface area (Å²) in [5.41, 5.74) is 2.96. The van der Waals surface area contributed by atoms with Crippen molar-refractivity contribution >= 4 is 46.4 Å². The summed E-state index contributed by atoms with van der Waals surface area (Å²) in [7, 11) is 1.49. The van der Waals surface area contributed by atoms with Crippen LogP contribution in [0.15, 0.2) is 41.0 Å². The van der Waals surface area contributed by atoms with Gasteiger partial charge in [-0.3, -0.25) is 4.79 Å². The molecule has 2 aromatic carbocycles. The van der Waals surface area contributed by atoms with Crippen LogP contribution in [0, 0.1) is 12.7 Å². The molecule has 0 saturated carbocycles. The van der Waals surface area contributed by atoms with Crippen molar-refractivity contribution in [3.05, 3.63) is 48.0 Å². The van der Waals surface area contributed by atoms with Gasteiger partial charge in [0.2, 0.25) is 5.91 Å². The van der Waals surface area contributed by atoms with Crippen molar-refractivity contribution in [3.8, 4) is 5.75 Å². The van der Waals surface area contributed by atoms with Gasteiger partial charge < -0.3 is 15.4 Å². The number of aryl methyl sites for hydroxylation is 1. The summed E-state index contributed by atoms with van der Waals surface area (Å²) >= 11 is 4.74. The molecule has 0 aliphatic carbocycles. The summed E-state index contributed by atoms with van der Waals surface area (Å²) in [5.74, 6) is 0.836. The Kier molecular flexibility index (Phi) is 6.61. The molecule has 2 heterocycles. The largest absolute Gasteiger partial charge is 0.494 e. The molecular weight excluding hydrogens is 393 g/mol. The highest BCUT2D eigenvalue weighted by molar-refractivity contribution is 7.47. The Morgan fingerprint density at radius 1 is 1.28 bits per heavy atom. The molecule has 1 aliphatic rings. The molecule has 0 atom stereocenters. The van der Waals surface area contributed by atoms with E-state index in [0.717, 1.165) is 35.9 Å². The van der Waals surface area contributed by atoms with E-state index >= 15 is 0 Å². The third-order valence-corrected chi connectivity index (χ3v) is 4.56. The van der Waals surface area contributed by atoms with E-state index in [0.29, 0.717) is 22.9 Å². The zero-order valence-electron chi connectivity index (χ0n) is 16.0. The highest BCUT2D eigenvalue weighted by Crippen LogP contribution is 2.33. The van der Waals surface area contributed by atoms with E-state index in [2.05, 4.69) is 25.0 Å². The number of carbonyl (C=O) groups is 1. The number of aromatic nitrogens is 2. The fourth-order valence-corrected chi connectivity index (χ4v) is 3.09. The maximum absolute atomic E-state index is 13.3. The Morgan fingerprint density at radius 2 is 2.10 bits per heavy atom. The lowest BCUT2D eigenvalue weighted by molar-refractivity contribution is -0.119. The van der Waals surface area contributed by atoms with Gasteiger partial charge in [0.1, 0.15) is 23.7 Å². The van der Waals surface area contributed by atoms with Crippen LogP contribution >= 0.6 is 0 Å². The van der Waals surface area contributed by atoms with Gasteiger partial charge in [-0.2, -0.15) is 4.36 Å². The second kappa shape index (κ2) is 9.33. The summed E-state index contributed by atoms with van der Waals surface area (Å²) in [6.45, 7) is 2.82. The number of halogens is 1. The number of carbonyl (C=O) groups excluding carboxylic acids is 1. The first-order valence-electron chi connectivity index (χ1n) is 8.98. The van der Waals surface area contributed by atoms with Gasteiger partial charge in [-0.1, -0.05) is 0 Å². The second-order valence-electron chi connectivity index (χ2n) is 6.39. The SMILES string of the molecule is COc1cc(F)ccc1Nc1ncnc2cc(N=S)cc(C)c12.O=C1CCCN1. The molecule has 4 rings (SSSR count). The summed E-state index contributed by atoms with van der Waals surface area (Å²) in [4.78, 5) is 18.7. The van der Waals surface area contributed by atoms with Gasteiger partial charge in [0.05, 0.1) is 24.0 Å². The van der Waals surface area contributed by atoms with E-state index in [1.54, 1.807) is 12.1 Å². The molecule has 150 valence electrons. The molecule has 0 unspecified atom stereocenters. The van der Waals surface area contributed by atoms with Crippen molar-refractivity contribution in [2.75, 3.05) is 19.0 Å². The lowest BCUT2D eigenvalue weighted by Crippen LogP contribution is -2.12. The number of benzene rings is 2. The zero-order valence-corrected chi connectivity index (χ0v) is 16.8.